The molecule has 168 valence electrons. The summed E-state index contributed by atoms with van der Waals surface area (Å²) in [4.78, 5) is 13.7. The third kappa shape index (κ3) is 4.71. The third-order valence-electron chi connectivity index (χ3n) is 5.47. The number of alkyl halides is 1. The highest BCUT2D eigenvalue weighted by molar-refractivity contribution is 5.76. The van der Waals surface area contributed by atoms with Gasteiger partial charge in [-0.1, -0.05) is 18.9 Å². The summed E-state index contributed by atoms with van der Waals surface area (Å²) in [6, 6.07) is 7.63. The summed E-state index contributed by atoms with van der Waals surface area (Å²) < 4.78 is 34.4. The lowest BCUT2D eigenvalue weighted by Gasteiger charge is -2.17. The molecule has 1 saturated carbocycles. The molecular weight excluding hydrogens is 414 g/mol. The predicted octanol–water partition coefficient (Wildman–Crippen LogP) is 5.83. The summed E-state index contributed by atoms with van der Waals surface area (Å²) in [5, 5.41) is 6.16. The zero-order valence-electron chi connectivity index (χ0n) is 18.1. The maximum absolute atomic E-state index is 13.7. The van der Waals surface area contributed by atoms with Crippen LogP contribution >= 0.6 is 0 Å². The van der Waals surface area contributed by atoms with Crippen LogP contribution in [0.3, 0.4) is 0 Å². The van der Waals surface area contributed by atoms with Crippen LogP contribution in [-0.2, 0) is 0 Å². The Morgan fingerprint density at radius 2 is 1.97 bits per heavy atom. The largest absolute Gasteiger partial charge is 0.497 e. The molecule has 0 saturated heterocycles. The Labute approximate surface area is 185 Å². The number of hydrogen-bond donors (Lipinski definition) is 2. The Hall–Kier alpha value is -3.49. The van der Waals surface area contributed by atoms with Crippen LogP contribution in [0.15, 0.2) is 54.1 Å². The van der Waals surface area contributed by atoms with Crippen LogP contribution in [0.2, 0.25) is 0 Å². The molecule has 1 aliphatic rings. The van der Waals surface area contributed by atoms with Gasteiger partial charge in [-0.2, -0.15) is 4.98 Å². The second kappa shape index (κ2) is 9.76. The number of anilines is 3. The molecule has 1 aliphatic carbocycles. The van der Waals surface area contributed by atoms with Crippen molar-refractivity contribution in [3.8, 4) is 5.75 Å². The van der Waals surface area contributed by atoms with E-state index in [2.05, 4.69) is 20.6 Å². The van der Waals surface area contributed by atoms with Crippen molar-refractivity contribution in [3.63, 3.8) is 0 Å². The summed E-state index contributed by atoms with van der Waals surface area (Å²) in [7, 11) is 1.62. The van der Waals surface area contributed by atoms with E-state index in [-0.39, 0.29) is 11.7 Å². The molecule has 3 aromatic rings. The molecule has 7 nitrogen and oxygen atoms in total. The minimum absolute atomic E-state index is 0.0969. The first-order chi connectivity index (χ1) is 15.6. The summed E-state index contributed by atoms with van der Waals surface area (Å²) in [6.07, 6.45) is 8.21. The summed E-state index contributed by atoms with van der Waals surface area (Å²) in [5.41, 5.74) is 2.15. The van der Waals surface area contributed by atoms with Gasteiger partial charge in [-0.05, 0) is 50.1 Å². The molecule has 0 amide bonds. The molecule has 9 heteroatoms. The molecular formula is C23H26F2N6O. The van der Waals surface area contributed by atoms with Gasteiger partial charge >= 0.3 is 0 Å². The Morgan fingerprint density at radius 3 is 2.62 bits per heavy atom. The Kier molecular flexibility index (Phi) is 6.63. The van der Waals surface area contributed by atoms with E-state index >= 15 is 0 Å². The Morgan fingerprint density at radius 1 is 1.22 bits per heavy atom. The number of hydrogen-bond acceptors (Lipinski definition) is 6. The molecule has 0 aliphatic heterocycles. The van der Waals surface area contributed by atoms with E-state index in [4.69, 9.17) is 9.72 Å². The van der Waals surface area contributed by atoms with Crippen molar-refractivity contribution >= 4 is 28.7 Å². The fourth-order valence-electron chi connectivity index (χ4n) is 3.85. The molecule has 1 aromatic carbocycles. The van der Waals surface area contributed by atoms with Crippen LogP contribution in [0.25, 0.3) is 11.2 Å². The van der Waals surface area contributed by atoms with Gasteiger partial charge in [0.2, 0.25) is 11.9 Å². The van der Waals surface area contributed by atoms with E-state index in [0.29, 0.717) is 23.1 Å². The van der Waals surface area contributed by atoms with Crippen molar-refractivity contribution in [2.45, 2.75) is 38.6 Å². The van der Waals surface area contributed by atoms with E-state index in [0.717, 1.165) is 43.2 Å². The molecule has 32 heavy (non-hydrogen) atoms. The van der Waals surface area contributed by atoms with Gasteiger partial charge < -0.3 is 15.4 Å². The Bertz CT molecular complexity index is 1130. The van der Waals surface area contributed by atoms with Gasteiger partial charge in [-0.3, -0.25) is 4.57 Å². The minimum atomic E-state index is -0.842. The smallest absolute Gasteiger partial charge is 0.229 e. The van der Waals surface area contributed by atoms with Crippen molar-refractivity contribution in [2.75, 3.05) is 24.4 Å². The SMILES string of the molecule is C/C=C(F)\C=C(/CF)Nc1nc2cnc(Nc3ccc(OC)cc3)nc2n1C1CCCC1. The molecule has 2 aromatic heterocycles. The molecule has 0 bridgehead atoms. The van der Waals surface area contributed by atoms with Gasteiger partial charge in [0.05, 0.1) is 19.0 Å². The molecule has 0 atom stereocenters. The van der Waals surface area contributed by atoms with Gasteiger partial charge in [-0.15, -0.1) is 0 Å². The maximum Gasteiger partial charge on any atom is 0.229 e. The van der Waals surface area contributed by atoms with Gasteiger partial charge in [0, 0.05) is 11.7 Å². The second-order valence-electron chi connectivity index (χ2n) is 7.60. The first-order valence-corrected chi connectivity index (χ1v) is 10.6. The van der Waals surface area contributed by atoms with Crippen LogP contribution in [0.4, 0.5) is 26.4 Å². The zero-order chi connectivity index (χ0) is 22.5. The van der Waals surface area contributed by atoms with E-state index in [1.165, 1.54) is 6.08 Å². The van der Waals surface area contributed by atoms with Gasteiger partial charge in [0.1, 0.15) is 23.8 Å². The lowest BCUT2D eigenvalue weighted by Crippen LogP contribution is -2.13. The Balaban J connectivity index is 1.70. The maximum atomic E-state index is 13.7. The highest BCUT2D eigenvalue weighted by Crippen LogP contribution is 2.35. The van der Waals surface area contributed by atoms with Crippen LogP contribution in [0.1, 0.15) is 38.6 Å². The van der Waals surface area contributed by atoms with E-state index < -0.39 is 12.5 Å². The van der Waals surface area contributed by atoms with Crippen molar-refractivity contribution in [2.24, 2.45) is 0 Å². The predicted molar refractivity (Wildman–Crippen MR) is 122 cm³/mol. The number of nitrogens with one attached hydrogen (secondary N) is 2. The van der Waals surface area contributed by atoms with Crippen molar-refractivity contribution < 1.29 is 13.5 Å². The molecule has 0 unspecified atom stereocenters. The topological polar surface area (TPSA) is 76.9 Å². The molecule has 0 radical (unpaired) electrons. The summed E-state index contributed by atoms with van der Waals surface area (Å²) in [6.45, 7) is 0.716. The number of halogens is 2. The second-order valence-corrected chi connectivity index (χ2v) is 7.60. The van der Waals surface area contributed by atoms with Crippen LogP contribution in [0.5, 0.6) is 5.75 Å². The van der Waals surface area contributed by atoms with Crippen molar-refractivity contribution in [3.05, 3.63) is 54.1 Å². The highest BCUT2D eigenvalue weighted by atomic mass is 19.1. The number of benzene rings is 1. The first kappa shape index (κ1) is 21.7. The number of rotatable bonds is 8. The molecule has 4 rings (SSSR count). The fraction of sp³-hybridized carbons (Fsp3) is 0.348. The number of fused-ring (bicyclic) bond motifs is 1. The van der Waals surface area contributed by atoms with Crippen LogP contribution in [0, 0.1) is 0 Å². The normalized spacial score (nSPS) is 15.4. The zero-order valence-corrected chi connectivity index (χ0v) is 18.1. The quantitative estimate of drug-likeness (QED) is 0.429. The number of aromatic nitrogens is 4. The first-order valence-electron chi connectivity index (χ1n) is 10.6. The van der Waals surface area contributed by atoms with Crippen LogP contribution in [-0.4, -0.2) is 33.3 Å². The molecule has 2 heterocycles. The lowest BCUT2D eigenvalue weighted by atomic mass is 10.2. The van der Waals surface area contributed by atoms with Gasteiger partial charge in [-0.25, -0.2) is 18.7 Å². The standard InChI is InChI=1S/C23H26F2N6O/c1-3-15(25)12-17(13-24)28-23-29-20-14-26-22(27-16-8-10-19(32-2)11-9-16)30-21(20)31(23)18-6-4-5-7-18/h3,8-12,14,18H,4-7,13H2,1-2H3,(H,28,29)(H,26,27,30)/b15-3+,17-12+. The fourth-order valence-corrected chi connectivity index (χ4v) is 3.85. The van der Waals surface area contributed by atoms with Crippen molar-refractivity contribution in [1.82, 2.24) is 19.5 Å². The van der Waals surface area contributed by atoms with Crippen molar-refractivity contribution in [1.29, 1.82) is 0 Å². The number of ether oxygens (including phenoxy) is 1. The van der Waals surface area contributed by atoms with E-state index in [9.17, 15) is 8.78 Å². The van der Waals surface area contributed by atoms with E-state index in [1.807, 2.05) is 28.8 Å². The number of methoxy groups -OCH3 is 1. The minimum Gasteiger partial charge on any atom is -0.497 e. The third-order valence-corrected chi connectivity index (χ3v) is 5.47. The average molecular weight is 440 g/mol. The summed E-state index contributed by atoms with van der Waals surface area (Å²) in [5.74, 6) is 1.11. The number of imidazole rings is 1. The van der Waals surface area contributed by atoms with Crippen LogP contribution < -0.4 is 15.4 Å². The average Bonchev–Trinajstić information content (AvgIpc) is 3.46. The van der Waals surface area contributed by atoms with Gasteiger partial charge in [0.25, 0.3) is 0 Å². The molecule has 2 N–H and O–H groups in total. The number of allylic oxidation sites excluding steroid dienone is 4. The number of nitrogens with zero attached hydrogens (tertiary/aromatic N) is 4. The van der Waals surface area contributed by atoms with Gasteiger partial charge in [0.15, 0.2) is 5.65 Å². The summed E-state index contributed by atoms with van der Waals surface area (Å²) >= 11 is 0. The lowest BCUT2D eigenvalue weighted by molar-refractivity contribution is 0.415. The highest BCUT2D eigenvalue weighted by Gasteiger charge is 2.24. The van der Waals surface area contributed by atoms with E-state index in [1.54, 1.807) is 20.2 Å². The molecule has 1 fully saturated rings. The monoisotopic (exact) mass is 440 g/mol. The molecule has 0 spiro atoms.